The molecule has 0 bridgehead atoms. The highest BCUT2D eigenvalue weighted by atomic mass is 16.1. The molecule has 84 valence electrons. The van der Waals surface area contributed by atoms with E-state index in [-0.39, 0.29) is 5.56 Å². The van der Waals surface area contributed by atoms with Gasteiger partial charge in [-0.2, -0.15) is 5.10 Å². The first-order chi connectivity index (χ1) is 6.95. The van der Waals surface area contributed by atoms with E-state index >= 15 is 0 Å². The zero-order valence-corrected chi connectivity index (χ0v) is 9.66. The lowest BCUT2D eigenvalue weighted by atomic mass is 10.0. The van der Waals surface area contributed by atoms with Gasteiger partial charge in [-0.15, -0.1) is 0 Å². The lowest BCUT2D eigenvalue weighted by molar-refractivity contribution is 0.472. The molecule has 2 N–H and O–H groups in total. The van der Waals surface area contributed by atoms with Gasteiger partial charge in [0, 0.05) is 12.6 Å². The largest absolute Gasteiger partial charge is 0.321 e. The summed E-state index contributed by atoms with van der Waals surface area (Å²) in [6, 6.07) is 3.23. The van der Waals surface area contributed by atoms with Gasteiger partial charge in [0.2, 0.25) is 0 Å². The third-order valence-corrected chi connectivity index (χ3v) is 2.25. The Morgan fingerprint density at radius 1 is 1.47 bits per heavy atom. The number of aromatic nitrogens is 2. The molecule has 0 aliphatic rings. The van der Waals surface area contributed by atoms with Gasteiger partial charge in [-0.3, -0.25) is 4.79 Å². The Morgan fingerprint density at radius 2 is 2.13 bits per heavy atom. The Hall–Kier alpha value is -1.16. The molecule has 1 aromatic rings. The van der Waals surface area contributed by atoms with Crippen LogP contribution in [0.5, 0.6) is 0 Å². The lowest BCUT2D eigenvalue weighted by Crippen LogP contribution is -2.34. The molecule has 0 unspecified atom stereocenters. The Bertz CT molecular complexity index is 376. The van der Waals surface area contributed by atoms with Crippen molar-refractivity contribution in [1.29, 1.82) is 0 Å². The van der Waals surface area contributed by atoms with Gasteiger partial charge in [0.1, 0.15) is 0 Å². The van der Waals surface area contributed by atoms with E-state index in [1.165, 1.54) is 10.7 Å². The molecule has 1 aromatic heterocycles. The highest BCUT2D eigenvalue weighted by Crippen LogP contribution is 2.11. The number of nitrogens with two attached hydrogens (primary N) is 1. The summed E-state index contributed by atoms with van der Waals surface area (Å²) in [7, 11) is 0. The molecular weight excluding hydrogens is 190 g/mol. The molecule has 4 heteroatoms. The molecule has 15 heavy (non-hydrogen) atoms. The molecule has 0 saturated heterocycles. The topological polar surface area (TPSA) is 60.9 Å². The molecule has 0 aliphatic heterocycles. The molecule has 0 aromatic carbocycles. The number of hydrogen-bond acceptors (Lipinski definition) is 3. The minimum Gasteiger partial charge on any atom is -0.321 e. The van der Waals surface area contributed by atoms with Gasteiger partial charge >= 0.3 is 0 Å². The quantitative estimate of drug-likeness (QED) is 0.811. The second-order valence-electron chi connectivity index (χ2n) is 4.36. The van der Waals surface area contributed by atoms with Gasteiger partial charge in [0.15, 0.2) is 0 Å². The van der Waals surface area contributed by atoms with Gasteiger partial charge in [-0.05, 0) is 26.3 Å². The molecule has 0 saturated carbocycles. The Balaban J connectivity index is 3.01. The van der Waals surface area contributed by atoms with Gasteiger partial charge in [0.25, 0.3) is 5.56 Å². The predicted molar refractivity (Wildman–Crippen MR) is 60.6 cm³/mol. The van der Waals surface area contributed by atoms with Crippen molar-refractivity contribution in [2.75, 3.05) is 0 Å². The second kappa shape index (κ2) is 4.57. The first-order valence-corrected chi connectivity index (χ1v) is 5.32. The maximum Gasteiger partial charge on any atom is 0.266 e. The summed E-state index contributed by atoms with van der Waals surface area (Å²) < 4.78 is 1.49. The summed E-state index contributed by atoms with van der Waals surface area (Å²) in [4.78, 5) is 11.5. The molecular formula is C11H19N3O. The minimum absolute atomic E-state index is 0.0588. The van der Waals surface area contributed by atoms with Crippen LogP contribution in [0.4, 0.5) is 0 Å². The average Bonchev–Trinajstić information content (AvgIpc) is 2.15. The van der Waals surface area contributed by atoms with Crippen LogP contribution in [0.15, 0.2) is 16.9 Å². The van der Waals surface area contributed by atoms with Gasteiger partial charge in [-0.1, -0.05) is 13.3 Å². The van der Waals surface area contributed by atoms with E-state index in [0.29, 0.717) is 6.54 Å². The van der Waals surface area contributed by atoms with E-state index in [0.717, 1.165) is 18.5 Å². The number of rotatable bonds is 4. The summed E-state index contributed by atoms with van der Waals surface area (Å²) in [5.41, 5.74) is 6.12. The average molecular weight is 209 g/mol. The van der Waals surface area contributed by atoms with E-state index < -0.39 is 5.54 Å². The summed E-state index contributed by atoms with van der Waals surface area (Å²) in [6.07, 6.45) is 2.01. The van der Waals surface area contributed by atoms with Gasteiger partial charge < -0.3 is 5.73 Å². The van der Waals surface area contributed by atoms with E-state index in [1.54, 1.807) is 6.07 Å². The molecule has 0 amide bonds. The Kier molecular flexibility index (Phi) is 3.63. The van der Waals surface area contributed by atoms with Crippen LogP contribution < -0.4 is 11.3 Å². The molecule has 0 radical (unpaired) electrons. The zero-order valence-electron chi connectivity index (χ0n) is 9.66. The van der Waals surface area contributed by atoms with Crippen LogP contribution in [0.25, 0.3) is 0 Å². The van der Waals surface area contributed by atoms with Gasteiger partial charge in [-0.25, -0.2) is 4.68 Å². The third kappa shape index (κ3) is 3.16. The normalized spacial score (nSPS) is 11.7. The summed E-state index contributed by atoms with van der Waals surface area (Å²) in [6.45, 7) is 6.51. The summed E-state index contributed by atoms with van der Waals surface area (Å²) in [5, 5.41) is 4.26. The molecule has 1 heterocycles. The fourth-order valence-corrected chi connectivity index (χ4v) is 1.26. The highest BCUT2D eigenvalue weighted by molar-refractivity contribution is 5.09. The third-order valence-electron chi connectivity index (χ3n) is 2.25. The predicted octanol–water partition coefficient (Wildman–Crippen LogP) is 1.24. The van der Waals surface area contributed by atoms with Crippen LogP contribution in [-0.4, -0.2) is 9.78 Å². The highest BCUT2D eigenvalue weighted by Gasteiger charge is 2.16. The summed E-state index contributed by atoms with van der Waals surface area (Å²) in [5.74, 6) is 0. The van der Waals surface area contributed by atoms with Crippen LogP contribution in [0.1, 0.15) is 39.3 Å². The number of nitrogens with zero attached hydrogens (tertiary/aromatic N) is 2. The van der Waals surface area contributed by atoms with Crippen molar-refractivity contribution in [2.45, 2.75) is 45.7 Å². The first-order valence-electron chi connectivity index (χ1n) is 5.32. The van der Waals surface area contributed by atoms with E-state index in [1.807, 2.05) is 13.8 Å². The Labute approximate surface area is 90.1 Å². The summed E-state index contributed by atoms with van der Waals surface area (Å²) >= 11 is 0. The molecule has 0 atom stereocenters. The SMILES string of the molecule is CCCCn1nc(C(C)(C)N)ccc1=O. The maximum absolute atomic E-state index is 11.5. The fourth-order valence-electron chi connectivity index (χ4n) is 1.26. The van der Waals surface area contributed by atoms with Crippen molar-refractivity contribution in [3.63, 3.8) is 0 Å². The molecule has 0 spiro atoms. The molecule has 0 aliphatic carbocycles. The molecule has 1 rings (SSSR count). The van der Waals surface area contributed by atoms with Crippen molar-refractivity contribution >= 4 is 0 Å². The number of unbranched alkanes of at least 4 members (excludes halogenated alkanes) is 1. The monoisotopic (exact) mass is 209 g/mol. The smallest absolute Gasteiger partial charge is 0.266 e. The van der Waals surface area contributed by atoms with Crippen LogP contribution >= 0.6 is 0 Å². The molecule has 0 fully saturated rings. The van der Waals surface area contributed by atoms with Crippen LogP contribution in [0, 0.1) is 0 Å². The maximum atomic E-state index is 11.5. The second-order valence-corrected chi connectivity index (χ2v) is 4.36. The standard InChI is InChI=1S/C11H19N3O/c1-4-5-8-14-10(15)7-6-9(13-14)11(2,3)12/h6-7H,4-5,8,12H2,1-3H3. The van der Waals surface area contributed by atoms with E-state index in [2.05, 4.69) is 12.0 Å². The van der Waals surface area contributed by atoms with Crippen molar-refractivity contribution in [3.05, 3.63) is 28.2 Å². The minimum atomic E-state index is -0.498. The van der Waals surface area contributed by atoms with E-state index in [9.17, 15) is 4.79 Å². The van der Waals surface area contributed by atoms with E-state index in [4.69, 9.17) is 5.73 Å². The van der Waals surface area contributed by atoms with Crippen molar-refractivity contribution in [2.24, 2.45) is 5.73 Å². The first kappa shape index (κ1) is 11.9. The van der Waals surface area contributed by atoms with Crippen LogP contribution in [0.2, 0.25) is 0 Å². The van der Waals surface area contributed by atoms with Crippen molar-refractivity contribution in [1.82, 2.24) is 9.78 Å². The number of hydrogen-bond donors (Lipinski definition) is 1. The fraction of sp³-hybridized carbons (Fsp3) is 0.636. The number of aryl methyl sites for hydroxylation is 1. The lowest BCUT2D eigenvalue weighted by Gasteiger charge is -2.18. The van der Waals surface area contributed by atoms with Crippen LogP contribution in [-0.2, 0) is 12.1 Å². The van der Waals surface area contributed by atoms with Crippen molar-refractivity contribution in [3.8, 4) is 0 Å². The van der Waals surface area contributed by atoms with Crippen molar-refractivity contribution < 1.29 is 0 Å². The Morgan fingerprint density at radius 3 is 2.67 bits per heavy atom. The molecule has 4 nitrogen and oxygen atoms in total. The van der Waals surface area contributed by atoms with Crippen LogP contribution in [0.3, 0.4) is 0 Å². The zero-order chi connectivity index (χ0) is 11.5. The van der Waals surface area contributed by atoms with Gasteiger partial charge in [0.05, 0.1) is 11.2 Å².